The molecule has 0 spiro atoms. The fourth-order valence-corrected chi connectivity index (χ4v) is 7.00. The minimum absolute atomic E-state index is 0.0194. The first kappa shape index (κ1) is 52.5. The molecule has 12 heteroatoms. The summed E-state index contributed by atoms with van der Waals surface area (Å²) in [5.74, 6) is 1.19. The normalized spacial score (nSPS) is 14.2. The molecule has 0 aliphatic rings. The van der Waals surface area contributed by atoms with Gasteiger partial charge in [-0.05, 0) is 76.3 Å². The van der Waals surface area contributed by atoms with Gasteiger partial charge in [0, 0.05) is 32.2 Å². The average molecular weight is 824 g/mol. The van der Waals surface area contributed by atoms with Gasteiger partial charge >= 0.3 is 19.8 Å². The number of phosphoric ester groups is 1. The molecule has 1 heterocycles. The number of nitrogens with two attached hydrogens (primary N) is 1. The van der Waals surface area contributed by atoms with Gasteiger partial charge < -0.3 is 29.6 Å². The summed E-state index contributed by atoms with van der Waals surface area (Å²) in [6.45, 7) is 7.73. The lowest BCUT2D eigenvalue weighted by atomic mass is 10.0. The number of unbranched alkanes of at least 4 members (excludes halogenated alkanes) is 13. The molecular formula is C45H78NO10P. The van der Waals surface area contributed by atoms with E-state index in [1.807, 2.05) is 12.2 Å². The van der Waals surface area contributed by atoms with E-state index in [0.29, 0.717) is 19.3 Å². The summed E-state index contributed by atoms with van der Waals surface area (Å²) in [6.07, 6.45) is 31.9. The van der Waals surface area contributed by atoms with Crippen LogP contribution in [-0.4, -0.2) is 60.5 Å². The van der Waals surface area contributed by atoms with E-state index in [2.05, 4.69) is 39.8 Å². The highest BCUT2D eigenvalue weighted by Gasteiger charge is 2.26. The van der Waals surface area contributed by atoms with Gasteiger partial charge in [-0.1, -0.05) is 121 Å². The summed E-state index contributed by atoms with van der Waals surface area (Å²) in [5, 5.41) is 10.3. The monoisotopic (exact) mass is 824 g/mol. The smallest absolute Gasteiger partial charge is 0.466 e. The second kappa shape index (κ2) is 34.3. The molecule has 0 fully saturated rings. The number of carbonyl (C=O) groups is 2. The van der Waals surface area contributed by atoms with Crippen LogP contribution in [0.1, 0.15) is 171 Å². The molecule has 57 heavy (non-hydrogen) atoms. The number of aliphatic hydroxyl groups is 1. The fourth-order valence-electron chi connectivity index (χ4n) is 6.23. The summed E-state index contributed by atoms with van der Waals surface area (Å²) in [5.41, 5.74) is 7.92. The van der Waals surface area contributed by atoms with Crippen molar-refractivity contribution in [2.45, 2.75) is 188 Å². The molecule has 0 aromatic carbocycles. The van der Waals surface area contributed by atoms with Gasteiger partial charge in [-0.15, -0.1) is 0 Å². The predicted octanol–water partition coefficient (Wildman–Crippen LogP) is 10.8. The Morgan fingerprint density at radius 2 is 1.33 bits per heavy atom. The van der Waals surface area contributed by atoms with Crippen LogP contribution in [0.3, 0.4) is 0 Å². The van der Waals surface area contributed by atoms with E-state index in [0.717, 1.165) is 75.7 Å². The molecular weight excluding hydrogens is 745 g/mol. The average Bonchev–Trinajstić information content (AvgIpc) is 3.45. The van der Waals surface area contributed by atoms with Gasteiger partial charge in [-0.25, -0.2) is 4.57 Å². The number of esters is 2. The van der Waals surface area contributed by atoms with Crippen LogP contribution < -0.4 is 5.73 Å². The van der Waals surface area contributed by atoms with E-state index in [1.54, 1.807) is 12.2 Å². The summed E-state index contributed by atoms with van der Waals surface area (Å²) >= 11 is 0. The third kappa shape index (κ3) is 28.5. The molecule has 1 rings (SSSR count). The molecule has 4 N–H and O–H groups in total. The van der Waals surface area contributed by atoms with Gasteiger partial charge in [0.1, 0.15) is 18.1 Å². The highest BCUT2D eigenvalue weighted by Crippen LogP contribution is 2.43. The Kier molecular flexibility index (Phi) is 31.6. The number of hydrogen-bond acceptors (Lipinski definition) is 10. The number of aliphatic hydroxyl groups excluding tert-OH is 1. The highest BCUT2D eigenvalue weighted by molar-refractivity contribution is 7.47. The van der Waals surface area contributed by atoms with Crippen LogP contribution in [0.4, 0.5) is 0 Å². The van der Waals surface area contributed by atoms with Gasteiger partial charge in [0.15, 0.2) is 6.10 Å². The van der Waals surface area contributed by atoms with Crippen molar-refractivity contribution >= 4 is 19.8 Å². The van der Waals surface area contributed by atoms with Gasteiger partial charge in [0.2, 0.25) is 0 Å². The molecule has 0 aliphatic heterocycles. The van der Waals surface area contributed by atoms with Gasteiger partial charge in [0.25, 0.3) is 0 Å². The molecule has 328 valence electrons. The Morgan fingerprint density at radius 1 is 0.737 bits per heavy atom. The van der Waals surface area contributed by atoms with Gasteiger partial charge in [0.05, 0.1) is 19.3 Å². The SMILES string of the molecule is CCCCCCCC/C=C/C/C=C/C=C/C(O)CCCC(=O)OC[C@H](COP(=O)(O)OCCN)OC(=O)CCCCCCCCc1oc(CCCCC)c(C)c1C. The molecule has 1 aromatic rings. The quantitative estimate of drug-likeness (QED) is 0.0192. The Balaban J connectivity index is 2.37. The van der Waals surface area contributed by atoms with Crippen molar-refractivity contribution in [1.82, 2.24) is 0 Å². The summed E-state index contributed by atoms with van der Waals surface area (Å²) < 4.78 is 38.9. The Morgan fingerprint density at radius 3 is 2.02 bits per heavy atom. The van der Waals surface area contributed by atoms with Crippen LogP contribution in [0.5, 0.6) is 0 Å². The number of hydrogen-bond donors (Lipinski definition) is 3. The lowest BCUT2D eigenvalue weighted by molar-refractivity contribution is -0.161. The Labute approximate surface area is 344 Å². The van der Waals surface area contributed by atoms with E-state index in [4.69, 9.17) is 28.7 Å². The van der Waals surface area contributed by atoms with Crippen molar-refractivity contribution in [3.63, 3.8) is 0 Å². The topological polar surface area (TPSA) is 168 Å². The molecule has 0 radical (unpaired) electrons. The second-order valence-corrected chi connectivity index (χ2v) is 16.4. The van der Waals surface area contributed by atoms with Crippen molar-refractivity contribution in [3.8, 4) is 0 Å². The van der Waals surface area contributed by atoms with E-state index >= 15 is 0 Å². The minimum atomic E-state index is -4.44. The fraction of sp³-hybridized carbons (Fsp3) is 0.733. The zero-order valence-electron chi connectivity index (χ0n) is 35.9. The number of phosphoric acid groups is 1. The number of ether oxygens (including phenoxy) is 2. The van der Waals surface area contributed by atoms with Gasteiger partial charge in [-0.2, -0.15) is 0 Å². The molecule has 0 saturated heterocycles. The molecule has 3 atom stereocenters. The first-order chi connectivity index (χ1) is 27.5. The summed E-state index contributed by atoms with van der Waals surface area (Å²) in [6, 6.07) is 0. The van der Waals surface area contributed by atoms with Crippen LogP contribution >= 0.6 is 7.82 Å². The largest absolute Gasteiger partial charge is 0.472 e. The maximum Gasteiger partial charge on any atom is 0.472 e. The number of carbonyl (C=O) groups excluding carboxylic acids is 2. The lowest BCUT2D eigenvalue weighted by Crippen LogP contribution is -2.29. The van der Waals surface area contributed by atoms with Crippen LogP contribution in [0.2, 0.25) is 0 Å². The molecule has 0 amide bonds. The Bertz CT molecular complexity index is 1320. The van der Waals surface area contributed by atoms with Crippen LogP contribution in [0.15, 0.2) is 40.9 Å². The number of aryl methyl sites for hydroxylation is 2. The second-order valence-electron chi connectivity index (χ2n) is 15.0. The molecule has 2 unspecified atom stereocenters. The molecule has 0 aliphatic carbocycles. The first-order valence-electron chi connectivity index (χ1n) is 21.9. The summed E-state index contributed by atoms with van der Waals surface area (Å²) in [4.78, 5) is 35.0. The first-order valence-corrected chi connectivity index (χ1v) is 23.4. The molecule has 1 aromatic heterocycles. The predicted molar refractivity (Wildman–Crippen MR) is 229 cm³/mol. The minimum Gasteiger partial charge on any atom is -0.466 e. The number of furan rings is 1. The van der Waals surface area contributed by atoms with Gasteiger partial charge in [-0.3, -0.25) is 18.6 Å². The van der Waals surface area contributed by atoms with Crippen LogP contribution in [0, 0.1) is 13.8 Å². The third-order valence-corrected chi connectivity index (χ3v) is 10.8. The van der Waals surface area contributed by atoms with Crippen molar-refractivity contribution in [2.75, 3.05) is 26.4 Å². The van der Waals surface area contributed by atoms with Crippen molar-refractivity contribution in [2.24, 2.45) is 5.73 Å². The molecule has 11 nitrogen and oxygen atoms in total. The van der Waals surface area contributed by atoms with E-state index in [1.165, 1.54) is 62.5 Å². The highest BCUT2D eigenvalue weighted by atomic mass is 31.2. The maximum atomic E-state index is 12.7. The number of rotatable bonds is 37. The Hall–Kier alpha value is -2.53. The van der Waals surface area contributed by atoms with Crippen molar-refractivity contribution in [3.05, 3.63) is 59.1 Å². The van der Waals surface area contributed by atoms with Crippen LogP contribution in [-0.2, 0) is 45.5 Å². The zero-order valence-corrected chi connectivity index (χ0v) is 36.8. The third-order valence-electron chi connectivity index (χ3n) is 9.84. The van der Waals surface area contributed by atoms with Crippen molar-refractivity contribution < 1.29 is 47.1 Å². The van der Waals surface area contributed by atoms with E-state index < -0.39 is 38.6 Å². The standard InChI is InChI=1S/C45H78NO10P/c1-5-7-9-10-11-12-13-14-15-16-17-20-24-28-40(47)29-27-33-44(48)52-36-41(37-54-57(50,51)53-35-34-46)55-45(49)32-26-22-19-18-21-25-31-43-39(4)38(3)42(56-43)30-23-8-6-2/h14-15,17,20,24,28,40-41,47H,5-13,16,18-19,21-23,25-27,29-37,46H2,1-4H3,(H,50,51)/b15-14+,20-17+,28-24+/t40?,41-/m1/s1. The van der Waals surface area contributed by atoms with Crippen LogP contribution in [0.25, 0.3) is 0 Å². The maximum absolute atomic E-state index is 12.7. The zero-order chi connectivity index (χ0) is 42.0. The van der Waals surface area contributed by atoms with E-state index in [9.17, 15) is 24.2 Å². The van der Waals surface area contributed by atoms with E-state index in [-0.39, 0.29) is 32.6 Å². The number of allylic oxidation sites excluding steroid dienone is 5. The lowest BCUT2D eigenvalue weighted by Gasteiger charge is -2.20. The van der Waals surface area contributed by atoms with Crippen molar-refractivity contribution in [1.29, 1.82) is 0 Å². The molecule has 0 bridgehead atoms. The summed E-state index contributed by atoms with van der Waals surface area (Å²) in [7, 11) is -4.44. The molecule has 0 saturated carbocycles.